The maximum Gasteiger partial charge on any atom is 0.325 e. The van der Waals surface area contributed by atoms with Crippen molar-refractivity contribution in [3.05, 3.63) is 71.3 Å². The summed E-state index contributed by atoms with van der Waals surface area (Å²) in [4.78, 5) is 52.4. The molecule has 2 aromatic rings. The molecule has 0 bridgehead atoms. The number of imide groups is 1. The molecule has 1 saturated heterocycles. The molecule has 3 rings (SSSR count). The molecular weight excluding hydrogens is 396 g/mol. The van der Waals surface area contributed by atoms with E-state index in [2.05, 4.69) is 5.32 Å². The first kappa shape index (κ1) is 22.0. The number of urea groups is 1. The van der Waals surface area contributed by atoms with Gasteiger partial charge in [0.15, 0.2) is 0 Å². The summed E-state index contributed by atoms with van der Waals surface area (Å²) in [5, 5.41) is 2.72. The third kappa shape index (κ3) is 4.74. The van der Waals surface area contributed by atoms with Gasteiger partial charge in [-0.15, -0.1) is 0 Å². The molecule has 1 unspecified atom stereocenters. The zero-order chi connectivity index (χ0) is 22.6. The summed E-state index contributed by atoms with van der Waals surface area (Å²) >= 11 is 0. The lowest BCUT2D eigenvalue weighted by Gasteiger charge is -2.26. The van der Waals surface area contributed by atoms with Gasteiger partial charge in [0.2, 0.25) is 11.8 Å². The lowest BCUT2D eigenvalue weighted by molar-refractivity contribution is -0.139. The highest BCUT2D eigenvalue weighted by Gasteiger charge is 2.50. The van der Waals surface area contributed by atoms with Crippen molar-refractivity contribution >= 4 is 23.8 Å². The van der Waals surface area contributed by atoms with E-state index < -0.39 is 35.8 Å². The van der Waals surface area contributed by atoms with Crippen LogP contribution < -0.4 is 11.1 Å². The Labute approximate surface area is 181 Å². The van der Waals surface area contributed by atoms with Crippen LogP contribution >= 0.6 is 0 Å². The predicted molar refractivity (Wildman–Crippen MR) is 114 cm³/mol. The highest BCUT2D eigenvalue weighted by Crippen LogP contribution is 2.30. The summed E-state index contributed by atoms with van der Waals surface area (Å²) in [5.74, 6) is -1.47. The van der Waals surface area contributed by atoms with E-state index >= 15 is 0 Å². The second kappa shape index (κ2) is 8.99. The zero-order valence-corrected chi connectivity index (χ0v) is 17.6. The van der Waals surface area contributed by atoms with Gasteiger partial charge in [-0.3, -0.25) is 19.3 Å². The molecule has 0 spiro atoms. The lowest BCUT2D eigenvalue weighted by Crippen LogP contribution is -2.45. The molecule has 162 valence electrons. The van der Waals surface area contributed by atoms with Crippen molar-refractivity contribution in [3.63, 3.8) is 0 Å². The van der Waals surface area contributed by atoms with E-state index in [1.807, 2.05) is 49.4 Å². The van der Waals surface area contributed by atoms with Crippen LogP contribution in [0.15, 0.2) is 54.6 Å². The number of primary amides is 1. The van der Waals surface area contributed by atoms with Gasteiger partial charge in [0.05, 0.1) is 0 Å². The maximum atomic E-state index is 13.2. The van der Waals surface area contributed by atoms with E-state index in [1.54, 1.807) is 19.1 Å². The first-order valence-electron chi connectivity index (χ1n) is 10.0. The van der Waals surface area contributed by atoms with Crippen LogP contribution in [0.2, 0.25) is 0 Å². The number of aryl methyl sites for hydroxylation is 1. The van der Waals surface area contributed by atoms with E-state index in [0.717, 1.165) is 16.0 Å². The number of amides is 5. The van der Waals surface area contributed by atoms with Crippen LogP contribution in [0.3, 0.4) is 0 Å². The summed E-state index contributed by atoms with van der Waals surface area (Å²) in [6.07, 6.45) is -0.0142. The Bertz CT molecular complexity index is 1010. The standard InChI is InChI=1S/C23H26N4O4/c1-16-8-6-7-11-18(16)23(2)21(30)27(22(31)25-23)15-20(29)26(13-12-19(24)28)14-17-9-4-3-5-10-17/h3-11H,12-15H2,1-2H3,(H2,24,28)(H,25,31). The van der Waals surface area contributed by atoms with Gasteiger partial charge in [0, 0.05) is 19.5 Å². The molecule has 1 aliphatic rings. The van der Waals surface area contributed by atoms with Gasteiger partial charge in [-0.05, 0) is 30.5 Å². The molecule has 1 aliphatic heterocycles. The molecule has 1 atom stereocenters. The highest BCUT2D eigenvalue weighted by molar-refractivity contribution is 6.09. The molecule has 0 aliphatic carbocycles. The van der Waals surface area contributed by atoms with E-state index in [4.69, 9.17) is 5.73 Å². The first-order chi connectivity index (χ1) is 14.7. The third-order valence-electron chi connectivity index (χ3n) is 5.45. The fourth-order valence-electron chi connectivity index (χ4n) is 3.73. The largest absolute Gasteiger partial charge is 0.370 e. The quantitative estimate of drug-likeness (QED) is 0.630. The predicted octanol–water partition coefficient (Wildman–Crippen LogP) is 1.67. The Kier molecular flexibility index (Phi) is 6.39. The fourth-order valence-corrected chi connectivity index (χ4v) is 3.73. The van der Waals surface area contributed by atoms with Gasteiger partial charge in [-0.25, -0.2) is 4.79 Å². The molecule has 0 aromatic heterocycles. The summed E-state index contributed by atoms with van der Waals surface area (Å²) in [6.45, 7) is 3.42. The fraction of sp³-hybridized carbons (Fsp3) is 0.304. The number of hydrogen-bond acceptors (Lipinski definition) is 4. The number of carbonyl (C=O) groups is 4. The molecule has 8 heteroatoms. The Balaban J connectivity index is 1.79. The van der Waals surface area contributed by atoms with Crippen LogP contribution in [0.25, 0.3) is 0 Å². The molecule has 0 saturated carbocycles. The first-order valence-corrected chi connectivity index (χ1v) is 10.0. The minimum atomic E-state index is -1.25. The summed E-state index contributed by atoms with van der Waals surface area (Å²) in [6, 6.07) is 15.9. The van der Waals surface area contributed by atoms with Crippen molar-refractivity contribution in [3.8, 4) is 0 Å². The van der Waals surface area contributed by atoms with Gasteiger partial charge < -0.3 is 16.0 Å². The molecule has 8 nitrogen and oxygen atoms in total. The molecule has 1 fully saturated rings. The topological polar surface area (TPSA) is 113 Å². The summed E-state index contributed by atoms with van der Waals surface area (Å²) in [7, 11) is 0. The maximum absolute atomic E-state index is 13.2. The molecule has 31 heavy (non-hydrogen) atoms. The van der Waals surface area contributed by atoms with Gasteiger partial charge in [0.1, 0.15) is 12.1 Å². The zero-order valence-electron chi connectivity index (χ0n) is 17.6. The van der Waals surface area contributed by atoms with Gasteiger partial charge in [-0.1, -0.05) is 54.6 Å². The van der Waals surface area contributed by atoms with E-state index in [9.17, 15) is 19.2 Å². The van der Waals surface area contributed by atoms with Gasteiger partial charge in [-0.2, -0.15) is 0 Å². The lowest BCUT2D eigenvalue weighted by atomic mass is 9.88. The van der Waals surface area contributed by atoms with Crippen LogP contribution in [0.1, 0.15) is 30.0 Å². The molecule has 0 radical (unpaired) electrons. The number of rotatable bonds is 8. The van der Waals surface area contributed by atoms with Crippen molar-refractivity contribution in [2.45, 2.75) is 32.4 Å². The molecule has 1 heterocycles. The number of carbonyl (C=O) groups excluding carboxylic acids is 4. The second-order valence-corrected chi connectivity index (χ2v) is 7.78. The minimum absolute atomic E-state index is 0.0142. The second-order valence-electron chi connectivity index (χ2n) is 7.78. The van der Waals surface area contributed by atoms with Gasteiger partial charge >= 0.3 is 6.03 Å². The number of benzene rings is 2. The Morgan fingerprint density at radius 2 is 1.71 bits per heavy atom. The molecule has 2 aromatic carbocycles. The molecular formula is C23H26N4O4. The van der Waals surface area contributed by atoms with Crippen molar-refractivity contribution in [1.82, 2.24) is 15.1 Å². The summed E-state index contributed by atoms with van der Waals surface area (Å²) in [5.41, 5.74) is 6.40. The number of nitrogens with zero attached hydrogens (tertiary/aromatic N) is 2. The average molecular weight is 422 g/mol. The number of nitrogens with one attached hydrogen (secondary N) is 1. The highest BCUT2D eigenvalue weighted by atomic mass is 16.2. The normalized spacial score (nSPS) is 18.1. The van der Waals surface area contributed by atoms with Crippen molar-refractivity contribution in [2.24, 2.45) is 5.73 Å². The van der Waals surface area contributed by atoms with Gasteiger partial charge in [0.25, 0.3) is 5.91 Å². The van der Waals surface area contributed by atoms with E-state index in [0.29, 0.717) is 5.56 Å². The van der Waals surface area contributed by atoms with Crippen molar-refractivity contribution < 1.29 is 19.2 Å². The number of nitrogens with two attached hydrogens (primary N) is 1. The Hall–Kier alpha value is -3.68. The van der Waals surface area contributed by atoms with Crippen LogP contribution in [-0.2, 0) is 26.5 Å². The van der Waals surface area contributed by atoms with Crippen molar-refractivity contribution in [2.75, 3.05) is 13.1 Å². The van der Waals surface area contributed by atoms with Crippen LogP contribution in [0.5, 0.6) is 0 Å². The SMILES string of the molecule is Cc1ccccc1C1(C)NC(=O)N(CC(=O)N(CCC(N)=O)Cc2ccccc2)C1=O. The van der Waals surface area contributed by atoms with E-state index in [1.165, 1.54) is 4.90 Å². The molecule has 5 amide bonds. The Morgan fingerprint density at radius 3 is 2.35 bits per heavy atom. The van der Waals surface area contributed by atoms with E-state index in [-0.39, 0.29) is 19.5 Å². The number of hydrogen-bond donors (Lipinski definition) is 2. The molecule has 3 N–H and O–H groups in total. The van der Waals surface area contributed by atoms with Crippen LogP contribution in [0, 0.1) is 6.92 Å². The van der Waals surface area contributed by atoms with Crippen LogP contribution in [0.4, 0.5) is 4.79 Å². The summed E-state index contributed by atoms with van der Waals surface area (Å²) < 4.78 is 0. The monoisotopic (exact) mass is 422 g/mol. The third-order valence-corrected chi connectivity index (χ3v) is 5.45. The average Bonchev–Trinajstić information content (AvgIpc) is 2.95. The van der Waals surface area contributed by atoms with Crippen LogP contribution in [-0.4, -0.2) is 46.6 Å². The minimum Gasteiger partial charge on any atom is -0.370 e. The Morgan fingerprint density at radius 1 is 1.06 bits per heavy atom. The van der Waals surface area contributed by atoms with Crippen molar-refractivity contribution in [1.29, 1.82) is 0 Å². The smallest absolute Gasteiger partial charge is 0.325 e.